The fourth-order valence-electron chi connectivity index (χ4n) is 4.42. The predicted octanol–water partition coefficient (Wildman–Crippen LogP) is 2.53. The number of aromatic nitrogens is 1. The van der Waals surface area contributed by atoms with Gasteiger partial charge in [0, 0.05) is 24.3 Å². The molecule has 2 fully saturated rings. The summed E-state index contributed by atoms with van der Waals surface area (Å²) >= 11 is 12.2. The van der Waals surface area contributed by atoms with Crippen molar-refractivity contribution >= 4 is 50.8 Å². The zero-order chi connectivity index (χ0) is 28.2. The number of carbonyl (C=O) groups is 1. The number of pyridine rings is 1. The number of thiocarbonyl (C=S) groups is 1. The monoisotopic (exact) mass is 596 g/mol. The summed E-state index contributed by atoms with van der Waals surface area (Å²) < 4.78 is 42.2. The largest absolute Gasteiger partial charge is 0.480 e. The van der Waals surface area contributed by atoms with E-state index < -0.39 is 16.4 Å². The second kappa shape index (κ2) is 12.7. The summed E-state index contributed by atoms with van der Waals surface area (Å²) in [6.45, 7) is 2.63. The summed E-state index contributed by atoms with van der Waals surface area (Å²) in [7, 11) is -4.02. The van der Waals surface area contributed by atoms with E-state index in [4.69, 9.17) is 37.8 Å². The molecule has 0 spiro atoms. The summed E-state index contributed by atoms with van der Waals surface area (Å²) in [5.74, 6) is 0.382. The van der Waals surface area contributed by atoms with Gasteiger partial charge in [-0.3, -0.25) is 14.2 Å². The molecule has 1 aliphatic carbocycles. The van der Waals surface area contributed by atoms with Crippen molar-refractivity contribution in [3.05, 3.63) is 70.8 Å². The van der Waals surface area contributed by atoms with Crippen molar-refractivity contribution < 1.29 is 32.3 Å². The van der Waals surface area contributed by atoms with Gasteiger partial charge in [0.05, 0.1) is 18.4 Å². The average Bonchev–Trinajstić information content (AvgIpc) is 3.39. The van der Waals surface area contributed by atoms with Crippen LogP contribution < -0.4 is 4.90 Å². The molecule has 2 N–H and O–H groups in total. The van der Waals surface area contributed by atoms with Gasteiger partial charge < -0.3 is 19.5 Å². The normalized spacial score (nSPS) is 22.8. The second-order valence-corrected chi connectivity index (χ2v) is 11.3. The number of carbonyl (C=O) groups excluding carboxylic acids is 1. The lowest BCUT2D eigenvalue weighted by molar-refractivity contribution is -0.114. The van der Waals surface area contributed by atoms with E-state index in [1.54, 1.807) is 53.6 Å². The summed E-state index contributed by atoms with van der Waals surface area (Å²) in [6.07, 6.45) is 8.31. The van der Waals surface area contributed by atoms with Crippen LogP contribution in [0.1, 0.15) is 19.8 Å². The Morgan fingerprint density at radius 2 is 2.08 bits per heavy atom. The Balaban J connectivity index is 1.60. The highest BCUT2D eigenvalue weighted by molar-refractivity contribution is 7.85. The number of hydrogen-bond donors (Lipinski definition) is 2. The van der Waals surface area contributed by atoms with E-state index in [1.165, 1.54) is 11.8 Å². The number of hydrogen-bond acceptors (Lipinski definition) is 9. The SMILES string of the molecule is CC(O)OCCN1C(=S)N(c2ccccn2)C(=O)C1=CC=C1C(Cl)=CC=C2OCN(CCCCS(=O)(=O)O)C21. The van der Waals surface area contributed by atoms with Gasteiger partial charge in [-0.25, -0.2) is 9.88 Å². The smallest absolute Gasteiger partial charge is 0.282 e. The molecule has 0 saturated carbocycles. The molecule has 3 aliphatic rings. The number of allylic oxidation sites excluding steroid dienone is 4. The molecular weight excluding hydrogens is 568 g/mol. The minimum Gasteiger partial charge on any atom is -0.480 e. The molecule has 3 heterocycles. The summed E-state index contributed by atoms with van der Waals surface area (Å²) in [6, 6.07) is 4.85. The highest BCUT2D eigenvalue weighted by Crippen LogP contribution is 2.37. The van der Waals surface area contributed by atoms with Crippen molar-refractivity contribution in [3.63, 3.8) is 0 Å². The van der Waals surface area contributed by atoms with Crippen LogP contribution in [0.5, 0.6) is 0 Å². The Morgan fingerprint density at radius 1 is 1.28 bits per heavy atom. The molecule has 14 heteroatoms. The minimum absolute atomic E-state index is 0.121. The van der Waals surface area contributed by atoms with Crippen molar-refractivity contribution in [3.8, 4) is 0 Å². The van der Waals surface area contributed by atoms with Gasteiger partial charge in [0.1, 0.15) is 24.0 Å². The van der Waals surface area contributed by atoms with Crippen LogP contribution in [0.2, 0.25) is 0 Å². The molecule has 1 amide bonds. The van der Waals surface area contributed by atoms with Crippen molar-refractivity contribution in [1.82, 2.24) is 14.8 Å². The number of aliphatic hydroxyl groups is 1. The Morgan fingerprint density at radius 3 is 2.77 bits per heavy atom. The Labute approximate surface area is 237 Å². The number of halogens is 1. The number of unbranched alkanes of at least 4 members (excludes halogenated alkanes) is 1. The van der Waals surface area contributed by atoms with Crippen LogP contribution in [0.3, 0.4) is 0 Å². The summed E-state index contributed by atoms with van der Waals surface area (Å²) in [5.41, 5.74) is 0.982. The highest BCUT2D eigenvalue weighted by atomic mass is 35.5. The topological polar surface area (TPSA) is 133 Å². The standard InChI is InChI=1S/C25H29ClN4O7S2/c1-17(31)36-14-13-29-20(24(32)30(25(29)38)22-6-2-3-11-27-22)9-7-18-19(26)8-10-21-23(18)28(16-37-21)12-4-5-15-39(33,34)35/h2-3,6-11,17,23,31H,4-5,12-16H2,1H3,(H,33,34,35). The van der Waals surface area contributed by atoms with Crippen molar-refractivity contribution in [1.29, 1.82) is 0 Å². The molecule has 1 aromatic heterocycles. The van der Waals surface area contributed by atoms with Gasteiger partial charge >= 0.3 is 0 Å². The molecule has 4 rings (SSSR count). The molecule has 210 valence electrons. The van der Waals surface area contributed by atoms with Gasteiger partial charge in [-0.15, -0.1) is 0 Å². The van der Waals surface area contributed by atoms with Gasteiger partial charge in [-0.1, -0.05) is 23.7 Å². The third-order valence-electron chi connectivity index (χ3n) is 6.20. The Bertz CT molecular complexity index is 1330. The molecule has 11 nitrogen and oxygen atoms in total. The molecular formula is C25H29ClN4O7S2. The number of anilines is 1. The Hall–Kier alpha value is -2.65. The van der Waals surface area contributed by atoms with Crippen LogP contribution in [0, 0.1) is 0 Å². The number of fused-ring (bicyclic) bond motifs is 1. The fourth-order valence-corrected chi connectivity index (χ4v) is 5.58. The average molecular weight is 597 g/mol. The van der Waals surface area contributed by atoms with Crippen LogP contribution in [0.25, 0.3) is 0 Å². The first-order valence-corrected chi connectivity index (χ1v) is 14.6. The molecule has 2 aliphatic heterocycles. The summed E-state index contributed by atoms with van der Waals surface area (Å²) in [5, 5.41) is 10.2. The van der Waals surface area contributed by atoms with Crippen molar-refractivity contribution in [2.24, 2.45) is 0 Å². The zero-order valence-corrected chi connectivity index (χ0v) is 23.5. The molecule has 0 radical (unpaired) electrons. The molecule has 2 unspecified atom stereocenters. The lowest BCUT2D eigenvalue weighted by Crippen LogP contribution is -2.35. The van der Waals surface area contributed by atoms with Crippen molar-refractivity contribution in [2.45, 2.75) is 32.1 Å². The van der Waals surface area contributed by atoms with Crippen molar-refractivity contribution in [2.75, 3.05) is 37.1 Å². The van der Waals surface area contributed by atoms with Crippen LogP contribution in [0.15, 0.2) is 70.8 Å². The van der Waals surface area contributed by atoms with Gasteiger partial charge in [-0.05, 0) is 67.9 Å². The molecule has 0 aromatic carbocycles. The second-order valence-electron chi connectivity index (χ2n) is 8.97. The lowest BCUT2D eigenvalue weighted by atomic mass is 9.98. The van der Waals surface area contributed by atoms with E-state index in [1.807, 2.05) is 4.90 Å². The number of nitrogens with zero attached hydrogens (tertiary/aromatic N) is 4. The molecule has 1 aromatic rings. The zero-order valence-electron chi connectivity index (χ0n) is 21.1. The number of ether oxygens (including phenoxy) is 2. The molecule has 0 bridgehead atoms. The fraction of sp³-hybridized carbons (Fsp3) is 0.400. The first kappa shape index (κ1) is 29.3. The minimum atomic E-state index is -4.02. The molecule has 2 atom stereocenters. The van der Waals surface area contributed by atoms with E-state index in [0.717, 1.165) is 0 Å². The van der Waals surface area contributed by atoms with E-state index >= 15 is 0 Å². The molecule has 2 saturated heterocycles. The van der Waals surface area contributed by atoms with Crippen LogP contribution in [0.4, 0.5) is 5.82 Å². The number of aliphatic hydroxyl groups excluding tert-OH is 1. The Kier molecular flexibility index (Phi) is 9.54. The van der Waals surface area contributed by atoms with Gasteiger partial charge in [0.2, 0.25) is 0 Å². The maximum atomic E-state index is 13.5. The quantitative estimate of drug-likeness (QED) is 0.128. The van der Waals surface area contributed by atoms with Gasteiger partial charge in [0.25, 0.3) is 16.0 Å². The number of amides is 1. The third kappa shape index (κ3) is 7.11. The van der Waals surface area contributed by atoms with Crippen LogP contribution in [-0.4, -0.2) is 88.4 Å². The lowest BCUT2D eigenvalue weighted by Gasteiger charge is -2.26. The van der Waals surface area contributed by atoms with E-state index in [-0.39, 0.29) is 48.4 Å². The first-order valence-electron chi connectivity index (χ1n) is 12.2. The third-order valence-corrected chi connectivity index (χ3v) is 7.75. The molecule has 39 heavy (non-hydrogen) atoms. The number of rotatable bonds is 11. The highest BCUT2D eigenvalue weighted by Gasteiger charge is 2.40. The summed E-state index contributed by atoms with van der Waals surface area (Å²) in [4.78, 5) is 22.8. The predicted molar refractivity (Wildman–Crippen MR) is 149 cm³/mol. The van der Waals surface area contributed by atoms with E-state index in [0.29, 0.717) is 41.6 Å². The maximum Gasteiger partial charge on any atom is 0.282 e. The van der Waals surface area contributed by atoms with Crippen LogP contribution in [-0.2, 0) is 24.4 Å². The van der Waals surface area contributed by atoms with E-state index in [2.05, 4.69) is 4.98 Å². The van der Waals surface area contributed by atoms with Gasteiger partial charge in [-0.2, -0.15) is 8.42 Å². The van der Waals surface area contributed by atoms with Crippen LogP contribution >= 0.6 is 23.8 Å². The van der Waals surface area contributed by atoms with E-state index in [9.17, 15) is 18.3 Å². The van der Waals surface area contributed by atoms with Gasteiger partial charge in [0.15, 0.2) is 11.4 Å². The maximum absolute atomic E-state index is 13.5. The first-order chi connectivity index (χ1) is 18.6.